The van der Waals surface area contributed by atoms with Gasteiger partial charge in [0, 0.05) is 19.5 Å². The molecule has 0 spiro atoms. The lowest BCUT2D eigenvalue weighted by molar-refractivity contribution is 0.252. The SMILES string of the molecule is Cc1ccccc1N1C=C[N+](C)(c2ccccc2)C1(C)C. The van der Waals surface area contributed by atoms with E-state index in [1.165, 1.54) is 16.9 Å². The first-order chi connectivity index (χ1) is 9.97. The van der Waals surface area contributed by atoms with Gasteiger partial charge in [-0.15, -0.1) is 0 Å². The fourth-order valence-electron chi connectivity index (χ4n) is 3.14. The molecule has 0 aromatic heterocycles. The highest BCUT2D eigenvalue weighted by atomic mass is 15.5. The third-order valence-corrected chi connectivity index (χ3v) is 4.91. The van der Waals surface area contributed by atoms with Crippen molar-refractivity contribution in [2.45, 2.75) is 26.4 Å². The Balaban J connectivity index is 2.07. The summed E-state index contributed by atoms with van der Waals surface area (Å²) in [5.74, 6) is 0. The number of aryl methyl sites for hydroxylation is 1. The molecular weight excluding hydrogens is 256 g/mol. The standard InChI is InChI=1S/C19H23N2/c1-16-10-8-9-13-18(16)20-14-15-21(4,19(20,2)3)17-11-6-5-7-12-17/h5-15H,1-4H3/q+1. The second-order valence-electron chi connectivity index (χ2n) is 6.36. The molecule has 0 saturated heterocycles. The maximum Gasteiger partial charge on any atom is 0.181 e. The van der Waals surface area contributed by atoms with Crippen molar-refractivity contribution in [1.29, 1.82) is 0 Å². The third kappa shape index (κ3) is 1.98. The number of benzene rings is 2. The Bertz CT molecular complexity index is 673. The summed E-state index contributed by atoms with van der Waals surface area (Å²) in [6.07, 6.45) is 4.50. The Morgan fingerprint density at radius 3 is 2.19 bits per heavy atom. The second-order valence-corrected chi connectivity index (χ2v) is 6.36. The second kappa shape index (κ2) is 4.74. The summed E-state index contributed by atoms with van der Waals surface area (Å²) in [5.41, 5.74) is 3.80. The summed E-state index contributed by atoms with van der Waals surface area (Å²) >= 11 is 0. The maximum atomic E-state index is 2.38. The zero-order chi connectivity index (χ0) is 15.1. The fourth-order valence-corrected chi connectivity index (χ4v) is 3.14. The Morgan fingerprint density at radius 2 is 1.52 bits per heavy atom. The van der Waals surface area contributed by atoms with Crippen LogP contribution in [-0.4, -0.2) is 12.7 Å². The lowest BCUT2D eigenvalue weighted by atomic mass is 10.1. The summed E-state index contributed by atoms with van der Waals surface area (Å²) in [6.45, 7) is 6.77. The molecule has 0 N–H and O–H groups in total. The number of hydrogen-bond donors (Lipinski definition) is 0. The smallest absolute Gasteiger partial charge is 0.181 e. The van der Waals surface area contributed by atoms with E-state index in [4.69, 9.17) is 0 Å². The molecule has 1 unspecified atom stereocenters. The number of hydrogen-bond acceptors (Lipinski definition) is 1. The Morgan fingerprint density at radius 1 is 0.905 bits per heavy atom. The first kappa shape index (κ1) is 13.9. The number of anilines is 1. The molecule has 2 aromatic rings. The molecule has 0 fully saturated rings. The van der Waals surface area contributed by atoms with Gasteiger partial charge in [0.15, 0.2) is 5.66 Å². The van der Waals surface area contributed by atoms with Crippen LogP contribution in [0.5, 0.6) is 0 Å². The van der Waals surface area contributed by atoms with E-state index < -0.39 is 0 Å². The van der Waals surface area contributed by atoms with Crippen molar-refractivity contribution in [1.82, 2.24) is 4.48 Å². The third-order valence-electron chi connectivity index (χ3n) is 4.91. The van der Waals surface area contributed by atoms with Crippen LogP contribution >= 0.6 is 0 Å². The minimum absolute atomic E-state index is 0.0759. The predicted octanol–water partition coefficient (Wildman–Crippen LogP) is 4.66. The first-order valence-corrected chi connectivity index (χ1v) is 7.43. The van der Waals surface area contributed by atoms with Crippen LogP contribution in [0.15, 0.2) is 67.0 Å². The van der Waals surface area contributed by atoms with Crippen molar-refractivity contribution in [3.05, 3.63) is 72.6 Å². The van der Waals surface area contributed by atoms with E-state index in [9.17, 15) is 0 Å². The molecular formula is C19H23N2+. The van der Waals surface area contributed by atoms with Gasteiger partial charge in [0.2, 0.25) is 0 Å². The molecule has 2 aromatic carbocycles. The molecule has 0 saturated carbocycles. The molecule has 0 aliphatic carbocycles. The van der Waals surface area contributed by atoms with Crippen LogP contribution in [0, 0.1) is 6.92 Å². The van der Waals surface area contributed by atoms with E-state index in [0.29, 0.717) is 0 Å². The summed E-state index contributed by atoms with van der Waals surface area (Å²) in [5, 5.41) is 0. The van der Waals surface area contributed by atoms with Crippen LogP contribution in [0.4, 0.5) is 11.4 Å². The van der Waals surface area contributed by atoms with Gasteiger partial charge in [-0.2, -0.15) is 0 Å². The molecule has 1 heterocycles. The van der Waals surface area contributed by atoms with Crippen molar-refractivity contribution in [3.63, 3.8) is 0 Å². The van der Waals surface area contributed by atoms with Gasteiger partial charge in [0.1, 0.15) is 11.9 Å². The first-order valence-electron chi connectivity index (χ1n) is 7.43. The minimum atomic E-state index is -0.0759. The molecule has 0 radical (unpaired) electrons. The lowest BCUT2D eigenvalue weighted by Gasteiger charge is -2.44. The number of para-hydroxylation sites is 2. The van der Waals surface area contributed by atoms with Crippen LogP contribution < -0.4 is 9.38 Å². The molecule has 3 rings (SSSR count). The molecule has 1 aliphatic heterocycles. The topological polar surface area (TPSA) is 3.24 Å². The highest BCUT2D eigenvalue weighted by Crippen LogP contribution is 2.42. The predicted molar refractivity (Wildman–Crippen MR) is 91.0 cm³/mol. The zero-order valence-electron chi connectivity index (χ0n) is 13.2. The van der Waals surface area contributed by atoms with Crippen molar-refractivity contribution in [2.24, 2.45) is 0 Å². The van der Waals surface area contributed by atoms with E-state index in [-0.39, 0.29) is 5.66 Å². The van der Waals surface area contributed by atoms with Gasteiger partial charge in [-0.1, -0.05) is 36.4 Å². The van der Waals surface area contributed by atoms with Crippen LogP contribution in [0.25, 0.3) is 0 Å². The number of rotatable bonds is 2. The molecule has 1 aliphatic rings. The van der Waals surface area contributed by atoms with Gasteiger partial charge in [-0.25, -0.2) is 4.48 Å². The van der Waals surface area contributed by atoms with E-state index in [1.54, 1.807) is 0 Å². The van der Waals surface area contributed by atoms with Gasteiger partial charge >= 0.3 is 0 Å². The van der Waals surface area contributed by atoms with Crippen molar-refractivity contribution in [3.8, 4) is 0 Å². The highest BCUT2D eigenvalue weighted by molar-refractivity contribution is 5.63. The van der Waals surface area contributed by atoms with Crippen LogP contribution in [-0.2, 0) is 0 Å². The summed E-state index contributed by atoms with van der Waals surface area (Å²) in [7, 11) is 2.27. The Kier molecular flexibility index (Phi) is 3.14. The van der Waals surface area contributed by atoms with E-state index in [1.807, 2.05) is 0 Å². The monoisotopic (exact) mass is 279 g/mol. The van der Waals surface area contributed by atoms with Crippen LogP contribution in [0.3, 0.4) is 0 Å². The van der Waals surface area contributed by atoms with Crippen molar-refractivity contribution in [2.75, 3.05) is 11.9 Å². The van der Waals surface area contributed by atoms with Gasteiger partial charge in [-0.3, -0.25) is 4.90 Å². The quantitative estimate of drug-likeness (QED) is 0.723. The van der Waals surface area contributed by atoms with Gasteiger partial charge in [0.25, 0.3) is 0 Å². The fraction of sp³-hybridized carbons (Fsp3) is 0.263. The normalized spacial score (nSPS) is 23.5. The Labute approximate surface area is 127 Å². The Hall–Kier alpha value is -2.06. The van der Waals surface area contributed by atoms with Gasteiger partial charge in [-0.05, 0) is 30.7 Å². The average Bonchev–Trinajstić information content (AvgIpc) is 2.72. The van der Waals surface area contributed by atoms with E-state index >= 15 is 0 Å². The highest BCUT2D eigenvalue weighted by Gasteiger charge is 2.49. The van der Waals surface area contributed by atoms with Crippen molar-refractivity contribution >= 4 is 11.4 Å². The van der Waals surface area contributed by atoms with E-state index in [2.05, 4.69) is 99.7 Å². The summed E-state index contributed by atoms with van der Waals surface area (Å²) in [6, 6.07) is 19.3. The van der Waals surface area contributed by atoms with Crippen molar-refractivity contribution < 1.29 is 0 Å². The number of quaternary nitrogens is 1. The number of nitrogens with zero attached hydrogens (tertiary/aromatic N) is 2. The van der Waals surface area contributed by atoms with Gasteiger partial charge in [0.05, 0.1) is 13.2 Å². The molecule has 2 nitrogen and oxygen atoms in total. The average molecular weight is 279 g/mol. The largest absolute Gasteiger partial charge is 0.290 e. The van der Waals surface area contributed by atoms with Crippen LogP contribution in [0.2, 0.25) is 0 Å². The maximum absolute atomic E-state index is 2.38. The van der Waals surface area contributed by atoms with Crippen LogP contribution in [0.1, 0.15) is 19.4 Å². The zero-order valence-corrected chi connectivity index (χ0v) is 13.2. The summed E-state index contributed by atoms with van der Waals surface area (Å²) in [4.78, 5) is 2.38. The molecule has 0 bridgehead atoms. The molecule has 2 heteroatoms. The molecule has 1 atom stereocenters. The lowest BCUT2D eigenvalue weighted by Crippen LogP contribution is -2.60. The molecule has 108 valence electrons. The minimum Gasteiger partial charge on any atom is -0.290 e. The van der Waals surface area contributed by atoms with E-state index in [0.717, 1.165) is 4.48 Å². The molecule has 0 amide bonds. The van der Waals surface area contributed by atoms with Gasteiger partial charge < -0.3 is 0 Å². The summed E-state index contributed by atoms with van der Waals surface area (Å²) < 4.78 is 0.766. The molecule has 21 heavy (non-hydrogen) atoms.